The molecule has 0 aliphatic carbocycles. The molecule has 2 amide bonds. The molecule has 2 heterocycles. The van der Waals surface area contributed by atoms with Gasteiger partial charge in [0.25, 0.3) is 0 Å². The minimum absolute atomic E-state index is 0.134. The summed E-state index contributed by atoms with van der Waals surface area (Å²) in [5.74, 6) is 1.02. The molecular weight excluding hydrogens is 394 g/mol. The molecule has 3 aromatic rings. The van der Waals surface area contributed by atoms with Crippen LogP contribution in [-0.4, -0.2) is 53.5 Å². The van der Waals surface area contributed by atoms with E-state index < -0.39 is 6.04 Å². The zero-order valence-corrected chi connectivity index (χ0v) is 17.8. The third kappa shape index (κ3) is 4.66. The van der Waals surface area contributed by atoms with Crippen molar-refractivity contribution in [2.24, 2.45) is 0 Å². The van der Waals surface area contributed by atoms with Crippen molar-refractivity contribution in [2.45, 2.75) is 32.4 Å². The summed E-state index contributed by atoms with van der Waals surface area (Å²) in [5, 5.41) is 3.88. The van der Waals surface area contributed by atoms with E-state index in [2.05, 4.69) is 10.3 Å². The Balaban J connectivity index is 1.49. The van der Waals surface area contributed by atoms with Crippen molar-refractivity contribution >= 4 is 22.7 Å². The molecule has 2 atom stereocenters. The molecular formula is C24H27N3O4. The van der Waals surface area contributed by atoms with Gasteiger partial charge in [-0.2, -0.15) is 0 Å². The van der Waals surface area contributed by atoms with Gasteiger partial charge < -0.3 is 24.7 Å². The first-order valence-electron chi connectivity index (χ1n) is 10.5. The molecule has 2 N–H and O–H groups in total. The number of hydrogen-bond acceptors (Lipinski definition) is 4. The lowest BCUT2D eigenvalue weighted by Gasteiger charge is -2.32. The van der Waals surface area contributed by atoms with Crippen LogP contribution in [0.2, 0.25) is 0 Å². The van der Waals surface area contributed by atoms with Crippen LogP contribution in [-0.2, 0) is 16.0 Å². The van der Waals surface area contributed by atoms with Crippen molar-refractivity contribution in [3.05, 3.63) is 60.3 Å². The van der Waals surface area contributed by atoms with Gasteiger partial charge in [0.05, 0.1) is 6.54 Å². The number of aromatic nitrogens is 1. The van der Waals surface area contributed by atoms with Crippen molar-refractivity contribution < 1.29 is 19.1 Å². The van der Waals surface area contributed by atoms with E-state index in [9.17, 15) is 9.59 Å². The molecule has 2 aromatic carbocycles. The summed E-state index contributed by atoms with van der Waals surface area (Å²) in [5.41, 5.74) is 2.00. The average molecular weight is 421 g/mol. The van der Waals surface area contributed by atoms with Crippen molar-refractivity contribution in [1.29, 1.82) is 0 Å². The lowest BCUT2D eigenvalue weighted by molar-refractivity contribution is -0.137. The third-order valence-corrected chi connectivity index (χ3v) is 5.46. The number of benzene rings is 2. The molecule has 0 spiro atoms. The number of nitrogens with zero attached hydrogens (tertiary/aromatic N) is 1. The number of aromatic amines is 1. The van der Waals surface area contributed by atoms with E-state index in [1.165, 1.54) is 6.92 Å². The number of para-hydroxylation sites is 3. The number of rotatable bonds is 7. The Labute approximate surface area is 181 Å². The number of carbonyl (C=O) groups excluding carboxylic acids is 2. The summed E-state index contributed by atoms with van der Waals surface area (Å²) < 4.78 is 11.8. The Hall–Kier alpha value is -3.48. The van der Waals surface area contributed by atoms with Crippen LogP contribution in [0.15, 0.2) is 54.7 Å². The van der Waals surface area contributed by atoms with Crippen molar-refractivity contribution in [3.63, 3.8) is 0 Å². The number of nitrogens with one attached hydrogen (secondary N) is 2. The second-order valence-corrected chi connectivity index (χ2v) is 7.69. The van der Waals surface area contributed by atoms with Gasteiger partial charge in [0, 0.05) is 37.0 Å². The van der Waals surface area contributed by atoms with Crippen LogP contribution in [0.5, 0.6) is 11.5 Å². The normalized spacial score (nSPS) is 16.0. The quantitative estimate of drug-likeness (QED) is 0.615. The lowest BCUT2D eigenvalue weighted by atomic mass is 10.0. The molecule has 1 aromatic heterocycles. The number of H-pyrrole nitrogens is 1. The minimum atomic E-state index is -0.659. The zero-order chi connectivity index (χ0) is 21.8. The molecule has 0 saturated heterocycles. The summed E-state index contributed by atoms with van der Waals surface area (Å²) in [7, 11) is 0. The standard InChI is InChI=1S/C24H27N3O4/c1-3-27(14-18-15-30-22-10-6-7-11-23(22)31-18)24(29)21(26-16(2)28)12-17-13-25-20-9-5-4-8-19(17)20/h4-11,13,18,21,25H,3,12,14-15H2,1-2H3,(H,26,28)/t18-,21-/m0/s1. The molecule has 4 rings (SSSR count). The van der Waals surface area contributed by atoms with Gasteiger partial charge in [-0.05, 0) is 30.7 Å². The predicted molar refractivity (Wildman–Crippen MR) is 118 cm³/mol. The van der Waals surface area contributed by atoms with E-state index in [1.54, 1.807) is 4.90 Å². The van der Waals surface area contributed by atoms with E-state index >= 15 is 0 Å². The fourth-order valence-electron chi connectivity index (χ4n) is 3.96. The molecule has 0 radical (unpaired) electrons. The first-order chi connectivity index (χ1) is 15.0. The van der Waals surface area contributed by atoms with Crippen molar-refractivity contribution in [2.75, 3.05) is 19.7 Å². The molecule has 0 bridgehead atoms. The fraction of sp³-hybridized carbons (Fsp3) is 0.333. The lowest BCUT2D eigenvalue weighted by Crippen LogP contribution is -2.52. The first-order valence-corrected chi connectivity index (χ1v) is 10.5. The van der Waals surface area contributed by atoms with Crippen LogP contribution in [0.25, 0.3) is 10.9 Å². The second kappa shape index (κ2) is 9.12. The SMILES string of the molecule is CCN(C[C@H]1COc2ccccc2O1)C(=O)[C@H](Cc1c[nH]c2ccccc12)NC(C)=O. The second-order valence-electron chi connectivity index (χ2n) is 7.69. The van der Waals surface area contributed by atoms with Crippen LogP contribution < -0.4 is 14.8 Å². The monoisotopic (exact) mass is 421 g/mol. The van der Waals surface area contributed by atoms with E-state index in [4.69, 9.17) is 9.47 Å². The highest BCUT2D eigenvalue weighted by Gasteiger charge is 2.29. The van der Waals surface area contributed by atoms with Gasteiger partial charge >= 0.3 is 0 Å². The molecule has 1 aliphatic rings. The van der Waals surface area contributed by atoms with Crippen LogP contribution in [0, 0.1) is 0 Å². The number of ether oxygens (including phenoxy) is 2. The van der Waals surface area contributed by atoms with E-state index in [0.29, 0.717) is 37.6 Å². The van der Waals surface area contributed by atoms with E-state index in [-0.39, 0.29) is 17.9 Å². The molecule has 31 heavy (non-hydrogen) atoms. The summed E-state index contributed by atoms with van der Waals surface area (Å²) in [4.78, 5) is 30.2. The number of likely N-dealkylation sites (N-methyl/N-ethyl adjacent to an activating group) is 1. The topological polar surface area (TPSA) is 83.7 Å². The number of amides is 2. The van der Waals surface area contributed by atoms with Gasteiger partial charge in [0.15, 0.2) is 17.6 Å². The average Bonchev–Trinajstić information content (AvgIpc) is 3.19. The summed E-state index contributed by atoms with van der Waals surface area (Å²) in [6, 6.07) is 14.8. The molecule has 162 valence electrons. The van der Waals surface area contributed by atoms with Crippen LogP contribution in [0.3, 0.4) is 0 Å². The first kappa shape index (κ1) is 20.8. The van der Waals surface area contributed by atoms with Gasteiger partial charge in [-0.1, -0.05) is 30.3 Å². The Morgan fingerprint density at radius 3 is 2.68 bits per heavy atom. The van der Waals surface area contributed by atoms with Crippen molar-refractivity contribution in [3.8, 4) is 11.5 Å². The largest absolute Gasteiger partial charge is 0.486 e. The van der Waals surface area contributed by atoms with Crippen LogP contribution in [0.4, 0.5) is 0 Å². The number of hydrogen-bond donors (Lipinski definition) is 2. The smallest absolute Gasteiger partial charge is 0.245 e. The highest BCUT2D eigenvalue weighted by Crippen LogP contribution is 2.31. The van der Waals surface area contributed by atoms with Gasteiger partial charge in [-0.25, -0.2) is 0 Å². The molecule has 7 heteroatoms. The van der Waals surface area contributed by atoms with Crippen molar-refractivity contribution in [1.82, 2.24) is 15.2 Å². The maximum Gasteiger partial charge on any atom is 0.245 e. The molecule has 0 unspecified atom stereocenters. The zero-order valence-electron chi connectivity index (χ0n) is 17.8. The summed E-state index contributed by atoms with van der Waals surface area (Å²) in [6.45, 7) is 4.61. The van der Waals surface area contributed by atoms with Gasteiger partial charge in [0.2, 0.25) is 11.8 Å². The van der Waals surface area contributed by atoms with Gasteiger partial charge in [-0.15, -0.1) is 0 Å². The van der Waals surface area contributed by atoms with E-state index in [0.717, 1.165) is 16.5 Å². The van der Waals surface area contributed by atoms with Crippen LogP contribution in [0.1, 0.15) is 19.4 Å². The molecule has 1 aliphatic heterocycles. The Bertz CT molecular complexity index is 1080. The van der Waals surface area contributed by atoms with Crippen LogP contribution >= 0.6 is 0 Å². The highest BCUT2D eigenvalue weighted by molar-refractivity contribution is 5.89. The third-order valence-electron chi connectivity index (χ3n) is 5.46. The molecule has 0 saturated carbocycles. The van der Waals surface area contributed by atoms with E-state index in [1.807, 2.05) is 61.7 Å². The Morgan fingerprint density at radius 2 is 1.90 bits per heavy atom. The summed E-state index contributed by atoms with van der Waals surface area (Å²) in [6.07, 6.45) is 2.03. The Morgan fingerprint density at radius 1 is 1.16 bits per heavy atom. The number of carbonyl (C=O) groups is 2. The fourth-order valence-corrected chi connectivity index (χ4v) is 3.96. The maximum atomic E-state index is 13.4. The summed E-state index contributed by atoms with van der Waals surface area (Å²) >= 11 is 0. The minimum Gasteiger partial charge on any atom is -0.486 e. The highest BCUT2D eigenvalue weighted by atomic mass is 16.6. The molecule has 7 nitrogen and oxygen atoms in total. The predicted octanol–water partition coefficient (Wildman–Crippen LogP) is 2.90. The molecule has 0 fully saturated rings. The maximum absolute atomic E-state index is 13.4. The Kier molecular flexibility index (Phi) is 6.11. The number of fused-ring (bicyclic) bond motifs is 2. The van der Waals surface area contributed by atoms with Gasteiger partial charge in [-0.3, -0.25) is 9.59 Å². The van der Waals surface area contributed by atoms with Gasteiger partial charge in [0.1, 0.15) is 12.6 Å².